The monoisotopic (exact) mass is 636 g/mol. The van der Waals surface area contributed by atoms with Crippen LogP contribution in [0.3, 0.4) is 0 Å². The molecular weight excluding hydrogens is 615 g/mol. The van der Waals surface area contributed by atoms with Crippen LogP contribution in [0.5, 0.6) is 0 Å². The second kappa shape index (κ2) is 12.0. The van der Waals surface area contributed by atoms with Gasteiger partial charge in [-0.15, -0.1) is 0 Å². The number of halogens is 3. The van der Waals surface area contributed by atoms with Crippen molar-refractivity contribution >= 4 is 68.1 Å². The predicted octanol–water partition coefficient (Wildman–Crippen LogP) is 5.43. The lowest BCUT2D eigenvalue weighted by Crippen LogP contribution is -2.30. The zero-order valence-electron chi connectivity index (χ0n) is 21.8. The zero-order chi connectivity index (χ0) is 30.1. The molecule has 0 bridgehead atoms. The Labute approximate surface area is 250 Å². The van der Waals surface area contributed by atoms with Crippen LogP contribution in [0.2, 0.25) is 15.1 Å². The molecule has 1 amide bonds. The third-order valence-electron chi connectivity index (χ3n) is 6.07. The molecule has 214 valence electrons. The molecule has 4 aromatic rings. The first kappa shape index (κ1) is 30.2. The average molecular weight is 638 g/mol. The number of ether oxygens (including phenoxy) is 1. The normalized spacial score (nSPS) is 12.0. The molecule has 1 unspecified atom stereocenters. The smallest absolute Gasteiger partial charge is 0.338 e. The number of nitrogens with zero attached hydrogens (tertiary/aromatic N) is 2. The minimum absolute atomic E-state index is 0.0888. The molecule has 1 aromatic heterocycles. The van der Waals surface area contributed by atoms with Gasteiger partial charge in [-0.25, -0.2) is 17.9 Å². The summed E-state index contributed by atoms with van der Waals surface area (Å²) in [5.41, 5.74) is 0.106. The van der Waals surface area contributed by atoms with Gasteiger partial charge in [0.2, 0.25) is 0 Å². The van der Waals surface area contributed by atoms with Gasteiger partial charge in [-0.2, -0.15) is 0 Å². The van der Waals surface area contributed by atoms with Crippen molar-refractivity contribution in [3.05, 3.63) is 103 Å². The number of carbonyl (C=O) groups excluding carboxylic acids is 2. The summed E-state index contributed by atoms with van der Waals surface area (Å²) in [7, 11) is -2.77. The molecule has 0 aliphatic rings. The van der Waals surface area contributed by atoms with E-state index in [2.05, 4.69) is 10.0 Å². The van der Waals surface area contributed by atoms with Gasteiger partial charge in [0.15, 0.2) is 6.10 Å². The number of hydrogen-bond acceptors (Lipinski definition) is 6. The van der Waals surface area contributed by atoms with Gasteiger partial charge in [0.25, 0.3) is 21.5 Å². The van der Waals surface area contributed by atoms with E-state index in [0.29, 0.717) is 11.4 Å². The van der Waals surface area contributed by atoms with Crippen molar-refractivity contribution in [2.24, 2.45) is 7.05 Å². The summed E-state index contributed by atoms with van der Waals surface area (Å²) in [6.45, 7) is 2.91. The molecule has 0 fully saturated rings. The van der Waals surface area contributed by atoms with Gasteiger partial charge in [0, 0.05) is 12.1 Å². The van der Waals surface area contributed by atoms with Crippen molar-refractivity contribution < 1.29 is 22.7 Å². The number of aromatic nitrogens is 2. The maximum atomic E-state index is 13.3. The third kappa shape index (κ3) is 6.43. The number of benzene rings is 3. The van der Waals surface area contributed by atoms with Crippen molar-refractivity contribution in [3.63, 3.8) is 0 Å². The number of rotatable bonds is 8. The molecule has 14 heteroatoms. The maximum Gasteiger partial charge on any atom is 0.338 e. The predicted molar refractivity (Wildman–Crippen MR) is 158 cm³/mol. The number of carbonyl (C=O) groups is 2. The highest BCUT2D eigenvalue weighted by Crippen LogP contribution is 2.30. The lowest BCUT2D eigenvalue weighted by atomic mass is 10.2. The SMILES string of the molecule is Cc1c(NS(=O)(=O)c2cc(Cl)cc(C(=O)OC(C)C(=O)Nc3cccc(Cl)c3Cl)c2)c(=O)n(-c2ccccc2)n1C. The molecular formula is C27H23Cl3N4O6S. The van der Waals surface area contributed by atoms with E-state index < -0.39 is 38.5 Å². The first-order valence-electron chi connectivity index (χ1n) is 11.9. The highest BCUT2D eigenvalue weighted by atomic mass is 35.5. The standard InChI is InChI=1S/C27H23Cl3N4O6S/c1-15-24(26(36)34(33(15)3)19-8-5-4-6-9-19)32-41(38,39)20-13-17(12-18(28)14-20)27(37)40-16(2)25(35)31-22-11-7-10-21(29)23(22)30/h4-14,16,32H,1-3H3,(H,31,35). The van der Waals surface area contributed by atoms with Gasteiger partial charge in [-0.1, -0.05) is 59.1 Å². The van der Waals surface area contributed by atoms with Crippen LogP contribution in [0.25, 0.3) is 5.69 Å². The molecule has 0 aliphatic carbocycles. The highest BCUT2D eigenvalue weighted by Gasteiger charge is 2.26. The minimum atomic E-state index is -4.39. The van der Waals surface area contributed by atoms with Crippen molar-refractivity contribution in [3.8, 4) is 5.69 Å². The fraction of sp³-hybridized carbons (Fsp3) is 0.148. The Bertz CT molecular complexity index is 1820. The lowest BCUT2D eigenvalue weighted by molar-refractivity contribution is -0.123. The van der Waals surface area contributed by atoms with Crippen LogP contribution in [0.15, 0.2) is 76.4 Å². The molecule has 0 radical (unpaired) electrons. The molecule has 4 rings (SSSR count). The first-order valence-corrected chi connectivity index (χ1v) is 14.5. The summed E-state index contributed by atoms with van der Waals surface area (Å²) in [4.78, 5) is 38.2. The number of hydrogen-bond donors (Lipinski definition) is 2. The van der Waals surface area contributed by atoms with Crippen LogP contribution >= 0.6 is 34.8 Å². The Morgan fingerprint density at radius 1 is 0.976 bits per heavy atom. The molecule has 10 nitrogen and oxygen atoms in total. The Kier molecular flexibility index (Phi) is 8.83. The second-order valence-corrected chi connectivity index (χ2v) is 11.8. The number of nitrogens with one attached hydrogen (secondary N) is 2. The van der Waals surface area contributed by atoms with Crippen molar-refractivity contribution in [2.75, 3.05) is 10.0 Å². The van der Waals surface area contributed by atoms with E-state index in [4.69, 9.17) is 39.5 Å². The summed E-state index contributed by atoms with van der Waals surface area (Å²) < 4.78 is 37.0. The Hall–Kier alpha value is -3.77. The third-order valence-corrected chi connectivity index (χ3v) is 8.44. The summed E-state index contributed by atoms with van der Waals surface area (Å²) >= 11 is 18.2. The molecule has 0 saturated heterocycles. The van der Waals surface area contributed by atoms with Crippen LogP contribution in [-0.4, -0.2) is 35.8 Å². The van der Waals surface area contributed by atoms with E-state index in [-0.39, 0.29) is 32.0 Å². The molecule has 1 heterocycles. The van der Waals surface area contributed by atoms with Gasteiger partial charge in [-0.05, 0) is 56.3 Å². The topological polar surface area (TPSA) is 128 Å². The van der Waals surface area contributed by atoms with Gasteiger partial charge in [-0.3, -0.25) is 19.0 Å². The molecule has 0 saturated carbocycles. The fourth-order valence-corrected chi connectivity index (χ4v) is 5.67. The van der Waals surface area contributed by atoms with Gasteiger partial charge >= 0.3 is 5.97 Å². The van der Waals surface area contributed by atoms with Crippen LogP contribution in [0.4, 0.5) is 11.4 Å². The average Bonchev–Trinajstić information content (AvgIpc) is 3.13. The van der Waals surface area contributed by atoms with Gasteiger partial charge in [0.1, 0.15) is 5.69 Å². The van der Waals surface area contributed by atoms with Crippen LogP contribution in [-0.2, 0) is 26.6 Å². The molecule has 41 heavy (non-hydrogen) atoms. The second-order valence-electron chi connectivity index (χ2n) is 8.86. The van der Waals surface area contributed by atoms with Crippen molar-refractivity contribution in [1.82, 2.24) is 9.36 Å². The number of anilines is 2. The minimum Gasteiger partial charge on any atom is -0.449 e. The number of sulfonamides is 1. The molecule has 0 spiro atoms. The molecule has 0 aliphatic heterocycles. The summed E-state index contributed by atoms with van der Waals surface area (Å²) in [6.07, 6.45) is -1.29. The number of para-hydroxylation sites is 1. The highest BCUT2D eigenvalue weighted by molar-refractivity contribution is 7.92. The van der Waals surface area contributed by atoms with Crippen LogP contribution in [0, 0.1) is 6.92 Å². The molecule has 1 atom stereocenters. The van der Waals surface area contributed by atoms with E-state index >= 15 is 0 Å². The van der Waals surface area contributed by atoms with E-state index in [1.807, 2.05) is 0 Å². The maximum absolute atomic E-state index is 13.3. The van der Waals surface area contributed by atoms with E-state index in [1.54, 1.807) is 56.4 Å². The fourth-order valence-electron chi connectivity index (χ4n) is 3.83. The molecule has 2 N–H and O–H groups in total. The van der Waals surface area contributed by atoms with Gasteiger partial charge in [0.05, 0.1) is 37.6 Å². The number of esters is 1. The largest absolute Gasteiger partial charge is 0.449 e. The summed E-state index contributed by atoms with van der Waals surface area (Å²) in [5, 5.41) is 2.76. The summed E-state index contributed by atoms with van der Waals surface area (Å²) in [5.74, 6) is -1.71. The van der Waals surface area contributed by atoms with E-state index in [1.165, 1.54) is 28.4 Å². The van der Waals surface area contributed by atoms with Crippen LogP contribution in [0.1, 0.15) is 23.0 Å². The lowest BCUT2D eigenvalue weighted by Gasteiger charge is -2.15. The van der Waals surface area contributed by atoms with Crippen molar-refractivity contribution in [2.45, 2.75) is 24.8 Å². The molecule has 3 aromatic carbocycles. The summed E-state index contributed by atoms with van der Waals surface area (Å²) in [6, 6.07) is 16.7. The van der Waals surface area contributed by atoms with Crippen LogP contribution < -0.4 is 15.6 Å². The Morgan fingerprint density at radius 2 is 1.66 bits per heavy atom. The van der Waals surface area contributed by atoms with E-state index in [0.717, 1.165) is 12.1 Å². The number of amides is 1. The Morgan fingerprint density at radius 3 is 2.34 bits per heavy atom. The zero-order valence-corrected chi connectivity index (χ0v) is 24.9. The van der Waals surface area contributed by atoms with E-state index in [9.17, 15) is 22.8 Å². The quantitative estimate of drug-likeness (QED) is 0.248. The Balaban J connectivity index is 1.56. The van der Waals surface area contributed by atoms with Gasteiger partial charge < -0.3 is 10.1 Å². The first-order chi connectivity index (χ1) is 19.3. The van der Waals surface area contributed by atoms with Crippen molar-refractivity contribution in [1.29, 1.82) is 0 Å².